The van der Waals surface area contributed by atoms with E-state index in [1.54, 1.807) is 4.72 Å². The molecule has 0 saturated carbocycles. The third-order valence-corrected chi connectivity index (χ3v) is 5.30. The molecule has 1 heterocycles. The molecule has 2 N–H and O–H groups in total. The Hall–Kier alpha value is -2.71. The largest absolute Gasteiger partial charge is 0.431 e. The van der Waals surface area contributed by atoms with Gasteiger partial charge in [0, 0.05) is 19.2 Å². The first-order valence-corrected chi connectivity index (χ1v) is 10.2. The standard InChI is InChI=1S/C16H15ClF4N4O5S/c1-7(2)22-31(29,30)23-14(27)8-4-11(10(18)5-9(8)17)25-13(26)6-12(16(19,20)21)24(3)15(25)28/h4-7,22H,1-3H3,(H,23,27). The molecule has 2 aromatic rings. The Morgan fingerprint density at radius 3 is 2.26 bits per heavy atom. The molecule has 1 aromatic heterocycles. The van der Waals surface area contributed by atoms with Crippen molar-refractivity contribution < 1.29 is 30.8 Å². The number of halogens is 5. The van der Waals surface area contributed by atoms with E-state index in [1.165, 1.54) is 13.8 Å². The van der Waals surface area contributed by atoms with Crippen LogP contribution in [0.3, 0.4) is 0 Å². The zero-order valence-electron chi connectivity index (χ0n) is 16.0. The Bertz CT molecular complexity index is 1270. The molecule has 0 bridgehead atoms. The van der Waals surface area contributed by atoms with E-state index in [-0.39, 0.29) is 15.2 Å². The number of rotatable bonds is 5. The molecule has 0 unspecified atom stereocenters. The number of hydrogen-bond donors (Lipinski definition) is 2. The van der Waals surface area contributed by atoms with E-state index in [0.717, 1.165) is 0 Å². The molecule has 0 fully saturated rings. The quantitative estimate of drug-likeness (QED) is 0.618. The average molecular weight is 487 g/mol. The summed E-state index contributed by atoms with van der Waals surface area (Å²) in [4.78, 5) is 36.8. The lowest BCUT2D eigenvalue weighted by Crippen LogP contribution is -2.43. The van der Waals surface area contributed by atoms with Crippen molar-refractivity contribution in [2.24, 2.45) is 7.05 Å². The lowest BCUT2D eigenvalue weighted by molar-refractivity contribution is -0.144. The van der Waals surface area contributed by atoms with Crippen molar-refractivity contribution in [3.8, 4) is 5.69 Å². The number of hydrogen-bond acceptors (Lipinski definition) is 5. The van der Waals surface area contributed by atoms with Crippen LogP contribution in [0.15, 0.2) is 27.8 Å². The maximum absolute atomic E-state index is 14.4. The van der Waals surface area contributed by atoms with Crippen molar-refractivity contribution in [2.45, 2.75) is 26.1 Å². The number of amides is 1. The highest BCUT2D eigenvalue weighted by atomic mass is 35.5. The van der Waals surface area contributed by atoms with Gasteiger partial charge in [-0.25, -0.2) is 18.5 Å². The summed E-state index contributed by atoms with van der Waals surface area (Å²) in [6.45, 7) is 2.94. The summed E-state index contributed by atoms with van der Waals surface area (Å²) in [6, 6.07) is 0.580. The van der Waals surface area contributed by atoms with Gasteiger partial charge in [-0.2, -0.15) is 26.3 Å². The fourth-order valence-corrected chi connectivity index (χ4v) is 3.79. The van der Waals surface area contributed by atoms with Crippen molar-refractivity contribution in [2.75, 3.05) is 0 Å². The summed E-state index contributed by atoms with van der Waals surface area (Å²) in [5, 5.41) is -0.574. The van der Waals surface area contributed by atoms with Gasteiger partial charge in [0.1, 0.15) is 11.5 Å². The van der Waals surface area contributed by atoms with Crippen molar-refractivity contribution >= 4 is 27.7 Å². The van der Waals surface area contributed by atoms with Crippen LogP contribution >= 0.6 is 11.6 Å². The Morgan fingerprint density at radius 1 is 1.16 bits per heavy atom. The lowest BCUT2D eigenvalue weighted by Gasteiger charge is -2.15. The number of carbonyl (C=O) groups is 1. The molecule has 0 spiro atoms. The normalized spacial score (nSPS) is 12.3. The topological polar surface area (TPSA) is 119 Å². The summed E-state index contributed by atoms with van der Waals surface area (Å²) in [7, 11) is -3.62. The van der Waals surface area contributed by atoms with Gasteiger partial charge in [0.25, 0.3) is 11.5 Å². The molecular weight excluding hydrogens is 472 g/mol. The van der Waals surface area contributed by atoms with Crippen LogP contribution in [0.2, 0.25) is 5.02 Å². The molecule has 2 rings (SSSR count). The minimum atomic E-state index is -5.03. The number of nitrogens with one attached hydrogen (secondary N) is 2. The van der Waals surface area contributed by atoms with E-state index in [0.29, 0.717) is 19.2 Å². The predicted molar refractivity (Wildman–Crippen MR) is 102 cm³/mol. The molecular formula is C16H15ClF4N4O5S. The van der Waals surface area contributed by atoms with Gasteiger partial charge in [-0.3, -0.25) is 14.2 Å². The molecule has 1 amide bonds. The summed E-state index contributed by atoms with van der Waals surface area (Å²) < 4.78 is 80.9. The third-order valence-electron chi connectivity index (χ3n) is 3.75. The van der Waals surface area contributed by atoms with E-state index < -0.39 is 67.4 Å². The first kappa shape index (κ1) is 24.6. The van der Waals surface area contributed by atoms with Gasteiger partial charge >= 0.3 is 22.1 Å². The second-order valence-corrected chi connectivity index (χ2v) is 8.39. The molecule has 0 aliphatic rings. The monoisotopic (exact) mass is 486 g/mol. The molecule has 170 valence electrons. The number of alkyl halides is 3. The number of nitrogens with zero attached hydrogens (tertiary/aromatic N) is 2. The molecule has 0 aliphatic carbocycles. The first-order valence-electron chi connectivity index (χ1n) is 8.29. The predicted octanol–water partition coefficient (Wildman–Crippen LogP) is 1.32. The van der Waals surface area contributed by atoms with E-state index >= 15 is 0 Å². The third kappa shape index (κ3) is 5.32. The Labute approximate surface area is 177 Å². The van der Waals surface area contributed by atoms with E-state index in [4.69, 9.17) is 11.6 Å². The Kier molecular flexibility index (Phi) is 6.68. The van der Waals surface area contributed by atoms with Gasteiger partial charge in [0.15, 0.2) is 0 Å². The summed E-state index contributed by atoms with van der Waals surface area (Å²) in [5.74, 6) is -2.65. The average Bonchev–Trinajstić information content (AvgIpc) is 2.57. The highest BCUT2D eigenvalue weighted by Crippen LogP contribution is 2.27. The summed E-state index contributed by atoms with van der Waals surface area (Å²) in [6.07, 6.45) is -5.03. The van der Waals surface area contributed by atoms with Crippen molar-refractivity contribution in [1.29, 1.82) is 0 Å². The minimum absolute atomic E-state index is 0.0541. The van der Waals surface area contributed by atoms with Gasteiger partial charge in [0.05, 0.1) is 16.3 Å². The van der Waals surface area contributed by atoms with E-state index in [9.17, 15) is 40.4 Å². The zero-order chi connectivity index (χ0) is 23.9. The van der Waals surface area contributed by atoms with Crippen LogP contribution in [0.5, 0.6) is 0 Å². The first-order chi connectivity index (χ1) is 14.0. The van der Waals surface area contributed by atoms with Gasteiger partial charge in [0.2, 0.25) is 0 Å². The van der Waals surface area contributed by atoms with E-state index in [2.05, 4.69) is 4.72 Å². The van der Waals surface area contributed by atoms with Crippen LogP contribution in [-0.4, -0.2) is 29.5 Å². The fraction of sp³-hybridized carbons (Fsp3) is 0.312. The highest BCUT2D eigenvalue weighted by molar-refractivity contribution is 7.88. The molecule has 9 nitrogen and oxygen atoms in total. The number of benzene rings is 1. The smallest absolute Gasteiger partial charge is 0.292 e. The van der Waals surface area contributed by atoms with Gasteiger partial charge in [-0.15, -0.1) is 0 Å². The second kappa shape index (κ2) is 8.43. The molecule has 31 heavy (non-hydrogen) atoms. The lowest BCUT2D eigenvalue weighted by atomic mass is 10.1. The molecule has 0 radical (unpaired) electrons. The van der Waals surface area contributed by atoms with Crippen molar-refractivity contribution in [3.63, 3.8) is 0 Å². The van der Waals surface area contributed by atoms with Gasteiger partial charge in [-0.1, -0.05) is 11.6 Å². The van der Waals surface area contributed by atoms with E-state index in [1.807, 2.05) is 0 Å². The summed E-state index contributed by atoms with van der Waals surface area (Å²) in [5.41, 5.74) is -6.21. The van der Waals surface area contributed by atoms with Crippen LogP contribution in [0.4, 0.5) is 17.6 Å². The zero-order valence-corrected chi connectivity index (χ0v) is 17.6. The second-order valence-electron chi connectivity index (χ2n) is 6.53. The molecule has 0 atom stereocenters. The van der Waals surface area contributed by atoms with Crippen LogP contribution in [0, 0.1) is 5.82 Å². The minimum Gasteiger partial charge on any atom is -0.292 e. The van der Waals surface area contributed by atoms with Gasteiger partial charge < -0.3 is 0 Å². The van der Waals surface area contributed by atoms with Crippen LogP contribution in [0.25, 0.3) is 5.69 Å². The molecule has 15 heteroatoms. The van der Waals surface area contributed by atoms with Crippen molar-refractivity contribution in [3.05, 3.63) is 61.1 Å². The maximum atomic E-state index is 14.4. The fourth-order valence-electron chi connectivity index (χ4n) is 2.52. The van der Waals surface area contributed by atoms with Crippen LogP contribution < -0.4 is 20.7 Å². The summed E-state index contributed by atoms with van der Waals surface area (Å²) >= 11 is 5.78. The Balaban J connectivity index is 2.67. The number of carbonyl (C=O) groups excluding carboxylic acids is 1. The molecule has 1 aromatic carbocycles. The number of aromatic nitrogens is 2. The highest BCUT2D eigenvalue weighted by Gasteiger charge is 2.35. The molecule has 0 aliphatic heterocycles. The molecule has 0 saturated heterocycles. The van der Waals surface area contributed by atoms with Crippen LogP contribution in [0.1, 0.15) is 29.9 Å². The van der Waals surface area contributed by atoms with Crippen molar-refractivity contribution in [1.82, 2.24) is 18.6 Å². The van der Waals surface area contributed by atoms with Gasteiger partial charge in [-0.05, 0) is 26.0 Å². The SMILES string of the molecule is CC(C)NS(=O)(=O)NC(=O)c1cc(-n2c(=O)cc(C(F)(F)F)n(C)c2=O)c(F)cc1Cl. The Morgan fingerprint density at radius 2 is 1.74 bits per heavy atom. The maximum Gasteiger partial charge on any atom is 0.431 e. The van der Waals surface area contributed by atoms with Crippen LogP contribution in [-0.2, 0) is 23.4 Å².